The molecule has 2 aromatic rings. The number of hydrogen-bond acceptors (Lipinski definition) is 4. The average Bonchev–Trinajstić information content (AvgIpc) is 2.73. The lowest BCUT2D eigenvalue weighted by atomic mass is 10.0. The van der Waals surface area contributed by atoms with E-state index in [2.05, 4.69) is 15.3 Å². The Morgan fingerprint density at radius 2 is 2.12 bits per heavy atom. The van der Waals surface area contributed by atoms with E-state index in [1.807, 2.05) is 12.1 Å². The molecule has 2 aromatic heterocycles. The van der Waals surface area contributed by atoms with Gasteiger partial charge in [-0.05, 0) is 25.0 Å². The summed E-state index contributed by atoms with van der Waals surface area (Å²) in [6.07, 6.45) is 6.48. The van der Waals surface area contributed by atoms with Crippen LogP contribution in [0.1, 0.15) is 32.1 Å². The number of H-pyrrole nitrogens is 1. The van der Waals surface area contributed by atoms with Crippen molar-refractivity contribution in [2.75, 3.05) is 0 Å². The summed E-state index contributed by atoms with van der Waals surface area (Å²) in [5, 5.41) is 12.1. The van der Waals surface area contributed by atoms with E-state index in [1.54, 1.807) is 11.8 Å². The molecule has 0 radical (unpaired) electrons. The molecular weight excluding hydrogens is 236 g/mol. The van der Waals surface area contributed by atoms with E-state index in [0.717, 1.165) is 5.03 Å². The maximum Gasteiger partial charge on any atom is 0.364 e. The Labute approximate surface area is 103 Å². The van der Waals surface area contributed by atoms with Crippen LogP contribution in [0.5, 0.6) is 0 Å². The van der Waals surface area contributed by atoms with Crippen LogP contribution in [-0.2, 0) is 0 Å². The molecular formula is C11H14N4OS. The number of aromatic amines is 1. The van der Waals surface area contributed by atoms with Gasteiger partial charge in [0, 0.05) is 5.25 Å². The minimum Gasteiger partial charge on any atom is -0.244 e. The van der Waals surface area contributed by atoms with E-state index in [1.165, 1.54) is 36.6 Å². The third-order valence-electron chi connectivity index (χ3n) is 3.09. The van der Waals surface area contributed by atoms with Crippen LogP contribution in [0.25, 0.3) is 5.65 Å². The molecule has 0 atom stereocenters. The van der Waals surface area contributed by atoms with Gasteiger partial charge in [0.2, 0.25) is 0 Å². The van der Waals surface area contributed by atoms with E-state index in [9.17, 15) is 4.79 Å². The first-order valence-electron chi connectivity index (χ1n) is 5.94. The van der Waals surface area contributed by atoms with Gasteiger partial charge in [-0.1, -0.05) is 19.3 Å². The van der Waals surface area contributed by atoms with Crippen LogP contribution in [-0.4, -0.2) is 25.1 Å². The smallest absolute Gasteiger partial charge is 0.244 e. The SMILES string of the molecule is O=c1[nH]nc2ccc(SC3CCCCC3)nn12. The van der Waals surface area contributed by atoms with Crippen LogP contribution in [0, 0.1) is 0 Å². The van der Waals surface area contributed by atoms with Crippen LogP contribution < -0.4 is 5.69 Å². The van der Waals surface area contributed by atoms with E-state index in [0.29, 0.717) is 10.9 Å². The second kappa shape index (κ2) is 4.52. The van der Waals surface area contributed by atoms with Gasteiger partial charge >= 0.3 is 5.69 Å². The van der Waals surface area contributed by atoms with Gasteiger partial charge in [0.1, 0.15) is 5.03 Å². The van der Waals surface area contributed by atoms with Gasteiger partial charge in [0.05, 0.1) is 0 Å². The molecule has 3 rings (SSSR count). The van der Waals surface area contributed by atoms with Crippen molar-refractivity contribution >= 4 is 17.4 Å². The summed E-state index contributed by atoms with van der Waals surface area (Å²) >= 11 is 1.78. The molecule has 1 aliphatic carbocycles. The average molecular weight is 250 g/mol. The number of rotatable bonds is 2. The quantitative estimate of drug-likeness (QED) is 0.883. The van der Waals surface area contributed by atoms with Crippen molar-refractivity contribution in [2.24, 2.45) is 0 Å². The Balaban J connectivity index is 1.84. The molecule has 90 valence electrons. The van der Waals surface area contributed by atoms with E-state index in [4.69, 9.17) is 0 Å². The van der Waals surface area contributed by atoms with Crippen LogP contribution in [0.15, 0.2) is 22.0 Å². The molecule has 17 heavy (non-hydrogen) atoms. The molecule has 0 spiro atoms. The lowest BCUT2D eigenvalue weighted by molar-refractivity contribution is 0.515. The largest absolute Gasteiger partial charge is 0.364 e. The standard InChI is InChI=1S/C11H14N4OS/c16-11-13-12-9-6-7-10(14-15(9)11)17-8-4-2-1-3-5-8/h6-8H,1-5H2,(H,13,16). The van der Waals surface area contributed by atoms with Crippen molar-refractivity contribution < 1.29 is 0 Å². The highest BCUT2D eigenvalue weighted by atomic mass is 32.2. The van der Waals surface area contributed by atoms with Gasteiger partial charge in [0.15, 0.2) is 5.65 Å². The summed E-state index contributed by atoms with van der Waals surface area (Å²) < 4.78 is 1.32. The molecule has 6 heteroatoms. The van der Waals surface area contributed by atoms with Gasteiger partial charge in [-0.3, -0.25) is 0 Å². The minimum absolute atomic E-state index is 0.272. The van der Waals surface area contributed by atoms with Crippen molar-refractivity contribution in [1.82, 2.24) is 19.8 Å². The predicted molar refractivity (Wildman–Crippen MR) is 66.3 cm³/mol. The van der Waals surface area contributed by atoms with Crippen molar-refractivity contribution in [3.63, 3.8) is 0 Å². The maximum atomic E-state index is 11.4. The van der Waals surface area contributed by atoms with Crippen molar-refractivity contribution in [3.8, 4) is 0 Å². The monoisotopic (exact) mass is 250 g/mol. The third kappa shape index (κ3) is 2.22. The zero-order chi connectivity index (χ0) is 11.7. The first-order chi connectivity index (χ1) is 8.33. The summed E-state index contributed by atoms with van der Waals surface area (Å²) in [7, 11) is 0. The topological polar surface area (TPSA) is 63.0 Å². The Kier molecular flexibility index (Phi) is 2.88. The molecule has 0 unspecified atom stereocenters. The highest BCUT2D eigenvalue weighted by molar-refractivity contribution is 7.99. The van der Waals surface area contributed by atoms with Crippen LogP contribution in [0.2, 0.25) is 0 Å². The lowest BCUT2D eigenvalue weighted by Crippen LogP contribution is -2.13. The van der Waals surface area contributed by atoms with Crippen molar-refractivity contribution in [3.05, 3.63) is 22.6 Å². The number of hydrogen-bond donors (Lipinski definition) is 1. The number of fused-ring (bicyclic) bond motifs is 1. The van der Waals surface area contributed by atoms with Crippen molar-refractivity contribution in [2.45, 2.75) is 42.4 Å². The van der Waals surface area contributed by atoms with Gasteiger partial charge in [0.25, 0.3) is 0 Å². The molecule has 1 aliphatic rings. The second-order valence-electron chi connectivity index (χ2n) is 4.35. The van der Waals surface area contributed by atoms with Crippen LogP contribution in [0.3, 0.4) is 0 Å². The Hall–Kier alpha value is -1.30. The fraction of sp³-hybridized carbons (Fsp3) is 0.545. The third-order valence-corrected chi connectivity index (χ3v) is 4.35. The summed E-state index contributed by atoms with van der Waals surface area (Å²) in [5.74, 6) is 0. The van der Waals surface area contributed by atoms with Gasteiger partial charge in [-0.2, -0.15) is 14.7 Å². The molecule has 0 aromatic carbocycles. The second-order valence-corrected chi connectivity index (χ2v) is 5.67. The molecule has 5 nitrogen and oxygen atoms in total. The molecule has 1 saturated carbocycles. The molecule has 0 saturated heterocycles. The summed E-state index contributed by atoms with van der Waals surface area (Å²) in [4.78, 5) is 11.4. The number of thioether (sulfide) groups is 1. The van der Waals surface area contributed by atoms with Gasteiger partial charge < -0.3 is 0 Å². The summed E-state index contributed by atoms with van der Waals surface area (Å²) in [6, 6.07) is 3.77. The van der Waals surface area contributed by atoms with Crippen LogP contribution >= 0.6 is 11.8 Å². The fourth-order valence-electron chi connectivity index (χ4n) is 2.20. The van der Waals surface area contributed by atoms with Gasteiger partial charge in [-0.15, -0.1) is 11.8 Å². The Morgan fingerprint density at radius 1 is 1.29 bits per heavy atom. The first-order valence-corrected chi connectivity index (χ1v) is 6.82. The molecule has 2 heterocycles. The molecule has 0 aliphatic heterocycles. The fourth-order valence-corrected chi connectivity index (χ4v) is 3.39. The zero-order valence-corrected chi connectivity index (χ0v) is 10.2. The maximum absolute atomic E-state index is 11.4. The van der Waals surface area contributed by atoms with E-state index in [-0.39, 0.29) is 5.69 Å². The summed E-state index contributed by atoms with van der Waals surface area (Å²) in [6.45, 7) is 0. The Bertz CT molecular complexity index is 570. The zero-order valence-electron chi connectivity index (χ0n) is 9.43. The Morgan fingerprint density at radius 3 is 2.94 bits per heavy atom. The highest BCUT2D eigenvalue weighted by Gasteiger charge is 2.15. The van der Waals surface area contributed by atoms with Crippen LogP contribution in [0.4, 0.5) is 0 Å². The molecule has 1 N–H and O–H groups in total. The van der Waals surface area contributed by atoms with Gasteiger partial charge in [-0.25, -0.2) is 9.89 Å². The number of nitrogens with one attached hydrogen (secondary N) is 1. The number of aromatic nitrogens is 4. The molecule has 1 fully saturated rings. The summed E-state index contributed by atoms with van der Waals surface area (Å²) in [5.41, 5.74) is 0.300. The highest BCUT2D eigenvalue weighted by Crippen LogP contribution is 2.32. The van der Waals surface area contributed by atoms with Crippen molar-refractivity contribution in [1.29, 1.82) is 0 Å². The predicted octanol–water partition coefficient (Wildman–Crippen LogP) is 1.84. The normalized spacial score (nSPS) is 17.6. The first kappa shape index (κ1) is 10.8. The minimum atomic E-state index is -0.272. The van der Waals surface area contributed by atoms with E-state index < -0.39 is 0 Å². The molecule has 0 amide bonds. The lowest BCUT2D eigenvalue weighted by Gasteiger charge is -2.20. The van der Waals surface area contributed by atoms with E-state index >= 15 is 0 Å². The number of nitrogens with zero attached hydrogens (tertiary/aromatic N) is 3. The molecule has 0 bridgehead atoms.